The lowest BCUT2D eigenvalue weighted by Crippen LogP contribution is -2.17. The average molecular weight is 378 g/mol. The number of carbonyl (C=O) groups excluding carboxylic acids is 1. The number of aromatic nitrogens is 1. The second-order valence-electron chi connectivity index (χ2n) is 5.86. The van der Waals surface area contributed by atoms with Gasteiger partial charge in [0.1, 0.15) is 0 Å². The molecular weight excluding hydrogens is 364 g/mol. The van der Waals surface area contributed by atoms with Crippen molar-refractivity contribution >= 4 is 17.8 Å². The van der Waals surface area contributed by atoms with Gasteiger partial charge in [0.2, 0.25) is 6.79 Å². The minimum atomic E-state index is -0.550. The van der Waals surface area contributed by atoms with E-state index in [0.29, 0.717) is 17.1 Å². The zero-order valence-electron chi connectivity index (χ0n) is 14.4. The standard InChI is InChI=1S/C19H14N4O5/c24-19(13-3-5-15(6-4-13)22-7-1-2-8-22)21-20-11-14-9-17-18(28-12-27-17)10-16(14)23(25)26/h1-11H,12H2,(H,21,24). The molecule has 0 atom stereocenters. The van der Waals surface area contributed by atoms with E-state index in [-0.39, 0.29) is 18.0 Å². The summed E-state index contributed by atoms with van der Waals surface area (Å²) in [5.41, 5.74) is 3.69. The molecule has 0 aliphatic carbocycles. The number of ether oxygens (including phenoxy) is 2. The number of hydrogen-bond acceptors (Lipinski definition) is 6. The maximum Gasteiger partial charge on any atom is 0.282 e. The quantitative estimate of drug-likeness (QED) is 0.417. The van der Waals surface area contributed by atoms with Gasteiger partial charge in [-0.2, -0.15) is 5.10 Å². The number of nitrogens with zero attached hydrogens (tertiary/aromatic N) is 3. The number of fused-ring (bicyclic) bond motifs is 1. The SMILES string of the molecule is O=C(NN=Cc1cc2c(cc1[N+](=O)[O-])OCO2)c1ccc(-n2cccc2)cc1. The van der Waals surface area contributed by atoms with E-state index in [1.807, 2.05) is 29.1 Å². The maximum atomic E-state index is 12.2. The molecule has 9 nitrogen and oxygen atoms in total. The van der Waals surface area contributed by atoms with Crippen molar-refractivity contribution in [1.29, 1.82) is 0 Å². The highest BCUT2D eigenvalue weighted by molar-refractivity contribution is 5.95. The normalized spacial score (nSPS) is 12.3. The van der Waals surface area contributed by atoms with Gasteiger partial charge in [0, 0.05) is 23.6 Å². The molecule has 0 saturated carbocycles. The number of amides is 1. The molecule has 4 rings (SSSR count). The van der Waals surface area contributed by atoms with Crippen LogP contribution in [0, 0.1) is 10.1 Å². The highest BCUT2D eigenvalue weighted by Crippen LogP contribution is 2.37. The molecular formula is C19H14N4O5. The maximum absolute atomic E-state index is 12.2. The van der Waals surface area contributed by atoms with Gasteiger partial charge in [0.05, 0.1) is 22.8 Å². The third-order valence-corrected chi connectivity index (χ3v) is 4.12. The highest BCUT2D eigenvalue weighted by atomic mass is 16.7. The Morgan fingerprint density at radius 2 is 1.82 bits per heavy atom. The zero-order chi connectivity index (χ0) is 19.5. The van der Waals surface area contributed by atoms with Gasteiger partial charge in [-0.15, -0.1) is 0 Å². The van der Waals surface area contributed by atoms with Crippen molar-refractivity contribution in [3.63, 3.8) is 0 Å². The Hall–Kier alpha value is -4.14. The lowest BCUT2D eigenvalue weighted by Gasteiger charge is -2.04. The molecule has 9 heteroatoms. The molecule has 1 amide bonds. The van der Waals surface area contributed by atoms with E-state index < -0.39 is 10.8 Å². The lowest BCUT2D eigenvalue weighted by atomic mass is 10.1. The van der Waals surface area contributed by atoms with Crippen LogP contribution < -0.4 is 14.9 Å². The van der Waals surface area contributed by atoms with Crippen molar-refractivity contribution < 1.29 is 19.2 Å². The van der Waals surface area contributed by atoms with E-state index >= 15 is 0 Å². The van der Waals surface area contributed by atoms with Crippen molar-refractivity contribution in [1.82, 2.24) is 9.99 Å². The number of nitro groups is 1. The average Bonchev–Trinajstić information content (AvgIpc) is 3.39. The summed E-state index contributed by atoms with van der Waals surface area (Å²) in [6, 6.07) is 13.5. The Bertz CT molecular complexity index is 1060. The summed E-state index contributed by atoms with van der Waals surface area (Å²) in [5.74, 6) is 0.258. The number of nitrogens with one attached hydrogen (secondary N) is 1. The Balaban J connectivity index is 1.48. The second kappa shape index (κ2) is 7.23. The molecule has 28 heavy (non-hydrogen) atoms. The van der Waals surface area contributed by atoms with Crippen LogP contribution in [0.2, 0.25) is 0 Å². The predicted molar refractivity (Wildman–Crippen MR) is 100 cm³/mol. The van der Waals surface area contributed by atoms with E-state index in [9.17, 15) is 14.9 Å². The van der Waals surface area contributed by atoms with Crippen LogP contribution >= 0.6 is 0 Å². The minimum absolute atomic E-state index is 0.00280. The molecule has 140 valence electrons. The van der Waals surface area contributed by atoms with Crippen molar-refractivity contribution in [2.75, 3.05) is 6.79 Å². The molecule has 0 saturated heterocycles. The van der Waals surface area contributed by atoms with Gasteiger partial charge < -0.3 is 14.0 Å². The van der Waals surface area contributed by atoms with Gasteiger partial charge in [-0.25, -0.2) is 5.43 Å². The number of benzene rings is 2. The van der Waals surface area contributed by atoms with E-state index in [1.54, 1.807) is 24.3 Å². The molecule has 2 aromatic carbocycles. The lowest BCUT2D eigenvalue weighted by molar-refractivity contribution is -0.385. The summed E-state index contributed by atoms with van der Waals surface area (Å²) in [5, 5.41) is 15.1. The molecule has 1 aromatic heterocycles. The topological polar surface area (TPSA) is 108 Å². The van der Waals surface area contributed by atoms with Gasteiger partial charge in [-0.05, 0) is 42.5 Å². The number of nitro benzene ring substituents is 1. The summed E-state index contributed by atoms with van der Waals surface area (Å²) < 4.78 is 12.3. The third-order valence-electron chi connectivity index (χ3n) is 4.12. The van der Waals surface area contributed by atoms with E-state index in [0.717, 1.165) is 5.69 Å². The summed E-state index contributed by atoms with van der Waals surface area (Å²) in [7, 11) is 0. The van der Waals surface area contributed by atoms with Gasteiger partial charge in [0.15, 0.2) is 11.5 Å². The summed E-state index contributed by atoms with van der Waals surface area (Å²) >= 11 is 0. The van der Waals surface area contributed by atoms with Gasteiger partial charge in [0.25, 0.3) is 11.6 Å². The van der Waals surface area contributed by atoms with Crippen LogP contribution in [0.3, 0.4) is 0 Å². The third kappa shape index (κ3) is 3.40. The van der Waals surface area contributed by atoms with E-state index in [1.165, 1.54) is 18.3 Å². The minimum Gasteiger partial charge on any atom is -0.454 e. The molecule has 1 N–H and O–H groups in total. The fraction of sp³-hybridized carbons (Fsp3) is 0.0526. The predicted octanol–water partition coefficient (Wildman–Crippen LogP) is 2.88. The Morgan fingerprint density at radius 1 is 1.14 bits per heavy atom. The second-order valence-corrected chi connectivity index (χ2v) is 5.86. The molecule has 1 aliphatic rings. The highest BCUT2D eigenvalue weighted by Gasteiger charge is 2.22. The smallest absolute Gasteiger partial charge is 0.282 e. The number of carbonyl (C=O) groups is 1. The molecule has 0 bridgehead atoms. The van der Waals surface area contributed by atoms with E-state index in [4.69, 9.17) is 9.47 Å². The fourth-order valence-electron chi connectivity index (χ4n) is 2.73. The van der Waals surface area contributed by atoms with Gasteiger partial charge in [-0.3, -0.25) is 14.9 Å². The first-order valence-corrected chi connectivity index (χ1v) is 8.27. The van der Waals surface area contributed by atoms with Crippen LogP contribution in [0.15, 0.2) is 66.0 Å². The van der Waals surface area contributed by atoms with Crippen LogP contribution in [-0.2, 0) is 0 Å². The largest absolute Gasteiger partial charge is 0.454 e. The van der Waals surface area contributed by atoms with Crippen LogP contribution in [0.25, 0.3) is 5.69 Å². The van der Waals surface area contributed by atoms with Crippen LogP contribution in [-0.4, -0.2) is 28.4 Å². The van der Waals surface area contributed by atoms with Crippen molar-refractivity contribution in [2.24, 2.45) is 5.10 Å². The fourth-order valence-corrected chi connectivity index (χ4v) is 2.73. The molecule has 0 spiro atoms. The number of hydrogen-bond donors (Lipinski definition) is 1. The Labute approximate surface area is 159 Å². The van der Waals surface area contributed by atoms with Crippen molar-refractivity contribution in [3.05, 3.63) is 82.2 Å². The zero-order valence-corrected chi connectivity index (χ0v) is 14.4. The molecule has 3 aromatic rings. The van der Waals surface area contributed by atoms with Gasteiger partial charge >= 0.3 is 0 Å². The Morgan fingerprint density at radius 3 is 2.50 bits per heavy atom. The molecule has 2 heterocycles. The monoisotopic (exact) mass is 378 g/mol. The van der Waals surface area contributed by atoms with Crippen LogP contribution in [0.1, 0.15) is 15.9 Å². The number of rotatable bonds is 5. The van der Waals surface area contributed by atoms with Crippen LogP contribution in [0.5, 0.6) is 11.5 Å². The summed E-state index contributed by atoms with van der Waals surface area (Å²) in [6.45, 7) is 0.00280. The molecule has 0 unspecified atom stereocenters. The molecule has 1 aliphatic heterocycles. The number of hydrazone groups is 1. The first kappa shape index (κ1) is 17.3. The first-order chi connectivity index (χ1) is 13.6. The van der Waals surface area contributed by atoms with Crippen LogP contribution in [0.4, 0.5) is 5.69 Å². The summed E-state index contributed by atoms with van der Waals surface area (Å²) in [6.07, 6.45) is 5.00. The summed E-state index contributed by atoms with van der Waals surface area (Å²) in [4.78, 5) is 22.9. The van der Waals surface area contributed by atoms with E-state index in [2.05, 4.69) is 10.5 Å². The Kier molecular flexibility index (Phi) is 4.47. The van der Waals surface area contributed by atoms with Crippen molar-refractivity contribution in [3.8, 4) is 17.2 Å². The molecule has 0 radical (unpaired) electrons. The van der Waals surface area contributed by atoms with Gasteiger partial charge in [-0.1, -0.05) is 0 Å². The first-order valence-electron chi connectivity index (χ1n) is 8.27. The molecule has 0 fully saturated rings. The van der Waals surface area contributed by atoms with Crippen molar-refractivity contribution in [2.45, 2.75) is 0 Å².